The molecule has 1 aliphatic heterocycles. The molecule has 1 fully saturated rings. The summed E-state index contributed by atoms with van der Waals surface area (Å²) in [6, 6.07) is 4.24. The van der Waals surface area contributed by atoms with Crippen molar-refractivity contribution < 1.29 is 20.7 Å². The van der Waals surface area contributed by atoms with Crippen molar-refractivity contribution in [2.24, 2.45) is 0 Å². The molecule has 5 nitrogen and oxygen atoms in total. The van der Waals surface area contributed by atoms with E-state index >= 15 is 0 Å². The summed E-state index contributed by atoms with van der Waals surface area (Å²) < 4.78 is 60.7. The van der Waals surface area contributed by atoms with Crippen molar-refractivity contribution in [3.8, 4) is 0 Å². The molecule has 0 saturated carbocycles. The van der Waals surface area contributed by atoms with Gasteiger partial charge in [-0.3, -0.25) is 0 Å². The van der Waals surface area contributed by atoms with Crippen LogP contribution in [0.3, 0.4) is 0 Å². The maximum atomic E-state index is 12.8. The molecule has 1 heterocycles. The number of rotatable bonds is 3. The van der Waals surface area contributed by atoms with Crippen molar-refractivity contribution >= 4 is 20.2 Å². The van der Waals surface area contributed by atoms with Crippen molar-refractivity contribution in [3.63, 3.8) is 0 Å². The maximum Gasteiger partial charge on any atom is 0.332 e. The van der Waals surface area contributed by atoms with Gasteiger partial charge in [-0.25, -0.2) is 8.42 Å². The molecule has 0 bridgehead atoms. The molecule has 2 rings (SSSR count). The van der Waals surface area contributed by atoms with Gasteiger partial charge in [0.05, 0.1) is 9.79 Å². The number of nitrogens with zero attached hydrogens (tertiary/aromatic N) is 1. The minimum Gasteiger partial charge on any atom is -0.207 e. The van der Waals surface area contributed by atoms with Gasteiger partial charge in [0.1, 0.15) is 0 Å². The Morgan fingerprint density at radius 2 is 1.19 bits per heavy atom. The van der Waals surface area contributed by atoms with Crippen molar-refractivity contribution in [1.82, 2.24) is 4.31 Å². The number of halogens is 1. The van der Waals surface area contributed by atoms with E-state index in [0.29, 0.717) is 13.1 Å². The molecule has 1 aromatic carbocycles. The molecule has 0 N–H and O–H groups in total. The number of hydrogen-bond acceptors (Lipinski definition) is 4. The summed E-state index contributed by atoms with van der Waals surface area (Å²) in [5, 5.41) is 0. The average molecular weight is 335 g/mol. The molecule has 0 unspecified atom stereocenters. The number of benzene rings is 1. The minimum atomic E-state index is -4.81. The third-order valence-electron chi connectivity index (χ3n) is 3.56. The lowest BCUT2D eigenvalue weighted by atomic mass is 10.1. The first-order valence-corrected chi connectivity index (χ1v) is 9.69. The molecule has 0 radical (unpaired) electrons. The van der Waals surface area contributed by atoms with Gasteiger partial charge in [-0.1, -0.05) is 19.3 Å². The van der Waals surface area contributed by atoms with E-state index in [2.05, 4.69) is 0 Å². The third-order valence-corrected chi connectivity index (χ3v) is 6.31. The predicted octanol–water partition coefficient (Wildman–Crippen LogP) is 2.30. The predicted molar refractivity (Wildman–Crippen MR) is 76.6 cm³/mol. The highest BCUT2D eigenvalue weighted by atomic mass is 32.3. The molecule has 1 aromatic rings. The molecule has 0 aliphatic carbocycles. The van der Waals surface area contributed by atoms with E-state index in [1.165, 1.54) is 4.31 Å². The first kappa shape index (κ1) is 16.4. The van der Waals surface area contributed by atoms with Crippen molar-refractivity contribution in [2.75, 3.05) is 13.1 Å². The summed E-state index contributed by atoms with van der Waals surface area (Å²) in [6.07, 6.45) is 4.76. The lowest BCUT2D eigenvalue weighted by Gasteiger charge is -2.24. The second-order valence-electron chi connectivity index (χ2n) is 5.08. The second-order valence-corrected chi connectivity index (χ2v) is 8.37. The van der Waals surface area contributed by atoms with Crippen LogP contribution >= 0.6 is 0 Å². The Hall–Kier alpha value is -0.990. The molecule has 0 spiro atoms. The van der Waals surface area contributed by atoms with Crippen LogP contribution < -0.4 is 0 Å². The molecular weight excluding hydrogens is 317 g/mol. The van der Waals surface area contributed by atoms with Gasteiger partial charge in [0.2, 0.25) is 10.0 Å². The van der Waals surface area contributed by atoms with Crippen LogP contribution in [-0.4, -0.2) is 34.2 Å². The third kappa shape index (κ3) is 4.02. The van der Waals surface area contributed by atoms with E-state index in [1.807, 2.05) is 0 Å². The van der Waals surface area contributed by atoms with E-state index in [9.17, 15) is 20.7 Å². The Morgan fingerprint density at radius 1 is 0.762 bits per heavy atom. The van der Waals surface area contributed by atoms with Crippen molar-refractivity contribution in [2.45, 2.75) is 41.9 Å². The van der Waals surface area contributed by atoms with Gasteiger partial charge in [0, 0.05) is 13.1 Å². The Labute approximate surface area is 125 Å². The van der Waals surface area contributed by atoms with E-state index in [0.717, 1.165) is 56.4 Å². The lowest BCUT2D eigenvalue weighted by Crippen LogP contribution is -2.33. The molecular formula is C13H18FNO4S2. The minimum absolute atomic E-state index is 0.00419. The summed E-state index contributed by atoms with van der Waals surface area (Å²) >= 11 is 0. The van der Waals surface area contributed by atoms with Gasteiger partial charge < -0.3 is 0 Å². The highest BCUT2D eigenvalue weighted by Gasteiger charge is 2.25. The van der Waals surface area contributed by atoms with Crippen LogP contribution in [0.2, 0.25) is 0 Å². The number of hydrogen-bond donors (Lipinski definition) is 0. The first-order chi connectivity index (χ1) is 9.82. The van der Waals surface area contributed by atoms with E-state index in [1.54, 1.807) is 0 Å². The molecule has 0 atom stereocenters. The fourth-order valence-corrected chi connectivity index (χ4v) is 4.36. The van der Waals surface area contributed by atoms with Crippen molar-refractivity contribution in [1.29, 1.82) is 0 Å². The molecule has 1 aliphatic rings. The lowest BCUT2D eigenvalue weighted by molar-refractivity contribution is 0.364. The molecule has 21 heavy (non-hydrogen) atoms. The van der Waals surface area contributed by atoms with Gasteiger partial charge in [-0.05, 0) is 37.1 Å². The monoisotopic (exact) mass is 335 g/mol. The average Bonchev–Trinajstić information content (AvgIpc) is 2.37. The highest BCUT2D eigenvalue weighted by molar-refractivity contribution is 7.89. The zero-order valence-corrected chi connectivity index (χ0v) is 13.2. The largest absolute Gasteiger partial charge is 0.332 e. The fraction of sp³-hybridized carbons (Fsp3) is 0.538. The molecule has 1 saturated heterocycles. The Bertz CT molecular complexity index is 675. The summed E-state index contributed by atoms with van der Waals surface area (Å²) in [6.45, 7) is 0.928. The topological polar surface area (TPSA) is 71.5 Å². The van der Waals surface area contributed by atoms with Crippen LogP contribution in [0.4, 0.5) is 3.89 Å². The van der Waals surface area contributed by atoms with Gasteiger partial charge in [-0.2, -0.15) is 12.7 Å². The quantitative estimate of drug-likeness (QED) is 0.795. The zero-order valence-electron chi connectivity index (χ0n) is 11.5. The maximum absolute atomic E-state index is 12.8. The van der Waals surface area contributed by atoms with Gasteiger partial charge in [-0.15, -0.1) is 3.89 Å². The van der Waals surface area contributed by atoms with E-state index in [-0.39, 0.29) is 4.90 Å². The normalized spacial score (nSPS) is 18.9. The van der Waals surface area contributed by atoms with E-state index < -0.39 is 25.1 Å². The van der Waals surface area contributed by atoms with Gasteiger partial charge in [0.15, 0.2) is 0 Å². The summed E-state index contributed by atoms with van der Waals surface area (Å²) in [5.74, 6) is 0. The van der Waals surface area contributed by atoms with Crippen LogP contribution in [0, 0.1) is 0 Å². The van der Waals surface area contributed by atoms with Gasteiger partial charge >= 0.3 is 10.2 Å². The van der Waals surface area contributed by atoms with Crippen molar-refractivity contribution in [3.05, 3.63) is 24.3 Å². The molecule has 0 amide bonds. The summed E-state index contributed by atoms with van der Waals surface area (Å²) in [5.41, 5.74) is 0. The van der Waals surface area contributed by atoms with Crippen LogP contribution in [-0.2, 0) is 20.2 Å². The molecule has 0 aromatic heterocycles. The van der Waals surface area contributed by atoms with Crippen LogP contribution in [0.1, 0.15) is 32.1 Å². The van der Waals surface area contributed by atoms with Crippen LogP contribution in [0.5, 0.6) is 0 Å². The first-order valence-electron chi connectivity index (χ1n) is 6.87. The van der Waals surface area contributed by atoms with Crippen LogP contribution in [0.25, 0.3) is 0 Å². The van der Waals surface area contributed by atoms with Crippen LogP contribution in [0.15, 0.2) is 34.1 Å². The summed E-state index contributed by atoms with van der Waals surface area (Å²) in [4.78, 5) is -0.537. The Balaban J connectivity index is 2.26. The second kappa shape index (κ2) is 6.41. The summed E-state index contributed by atoms with van der Waals surface area (Å²) in [7, 11) is -8.46. The molecule has 8 heteroatoms. The standard InChI is InChI=1S/C13H18FNO4S2/c14-20(16,17)12-6-8-13(9-7-12)21(18,19)15-10-4-2-1-3-5-11-15/h6-9H,1-5,10-11H2. The smallest absolute Gasteiger partial charge is 0.207 e. The number of sulfonamides is 1. The molecule has 118 valence electrons. The van der Waals surface area contributed by atoms with Gasteiger partial charge in [0.25, 0.3) is 0 Å². The SMILES string of the molecule is O=S(=O)(F)c1ccc(S(=O)(=O)N2CCCCCCC2)cc1. The highest BCUT2D eigenvalue weighted by Crippen LogP contribution is 2.22. The fourth-order valence-electron chi connectivity index (χ4n) is 2.38. The Kier molecular flexibility index (Phi) is 5.00. The zero-order chi connectivity index (χ0) is 15.5. The van der Waals surface area contributed by atoms with E-state index in [4.69, 9.17) is 0 Å². The Morgan fingerprint density at radius 3 is 1.67 bits per heavy atom.